The number of halogens is 1. The van der Waals surface area contributed by atoms with Crippen LogP contribution in [-0.4, -0.2) is 23.5 Å². The molecule has 0 unspecified atom stereocenters. The van der Waals surface area contributed by atoms with Crippen molar-refractivity contribution in [3.05, 3.63) is 51.2 Å². The molecule has 0 radical (unpaired) electrons. The van der Waals surface area contributed by atoms with Crippen LogP contribution in [0.4, 0.5) is 5.69 Å². The molecule has 0 saturated heterocycles. The molecule has 0 aliphatic heterocycles. The average Bonchev–Trinajstić information content (AvgIpc) is 3.06. The van der Waals surface area contributed by atoms with Gasteiger partial charge in [-0.25, -0.2) is 0 Å². The lowest BCUT2D eigenvalue weighted by Crippen LogP contribution is -2.36. The Kier molecular flexibility index (Phi) is 6.15. The first kappa shape index (κ1) is 17.5. The van der Waals surface area contributed by atoms with E-state index in [9.17, 15) is 14.7 Å². The summed E-state index contributed by atoms with van der Waals surface area (Å²) in [5, 5.41) is 19.1. The standard InChI is InChI=1S/C16H17ClN2O3S/c1-10-12(17)3-2-4-13(10)19-16(22)15(21)18-7-5-14(20)11-6-8-23-9-11/h2-4,6,8-9,14,20H,5,7H2,1H3,(H,18,21)(H,19,22)/t14-/m1/s1. The van der Waals surface area contributed by atoms with E-state index in [4.69, 9.17) is 11.6 Å². The van der Waals surface area contributed by atoms with Crippen LogP contribution in [0.3, 0.4) is 0 Å². The number of anilines is 1. The Bertz CT molecular complexity index is 689. The van der Waals surface area contributed by atoms with Crippen LogP contribution in [-0.2, 0) is 9.59 Å². The number of benzene rings is 1. The van der Waals surface area contributed by atoms with E-state index in [1.54, 1.807) is 25.1 Å². The Labute approximate surface area is 143 Å². The summed E-state index contributed by atoms with van der Waals surface area (Å²) in [4.78, 5) is 23.6. The van der Waals surface area contributed by atoms with Gasteiger partial charge < -0.3 is 15.7 Å². The molecule has 122 valence electrons. The van der Waals surface area contributed by atoms with E-state index in [2.05, 4.69) is 10.6 Å². The maximum atomic E-state index is 11.9. The van der Waals surface area contributed by atoms with Crippen molar-refractivity contribution >= 4 is 40.4 Å². The van der Waals surface area contributed by atoms with Crippen LogP contribution in [0, 0.1) is 6.92 Å². The van der Waals surface area contributed by atoms with Gasteiger partial charge in [0.2, 0.25) is 0 Å². The van der Waals surface area contributed by atoms with Gasteiger partial charge in [0.1, 0.15) is 0 Å². The van der Waals surface area contributed by atoms with Gasteiger partial charge in [0.15, 0.2) is 0 Å². The number of hydrogen-bond donors (Lipinski definition) is 3. The summed E-state index contributed by atoms with van der Waals surface area (Å²) in [5.41, 5.74) is 2.00. The molecule has 5 nitrogen and oxygen atoms in total. The van der Waals surface area contributed by atoms with Crippen molar-refractivity contribution in [1.82, 2.24) is 5.32 Å². The summed E-state index contributed by atoms with van der Waals surface area (Å²) in [7, 11) is 0. The van der Waals surface area contributed by atoms with E-state index in [1.165, 1.54) is 11.3 Å². The monoisotopic (exact) mass is 352 g/mol. The number of aliphatic hydroxyl groups is 1. The van der Waals surface area contributed by atoms with Gasteiger partial charge in [-0.2, -0.15) is 11.3 Å². The number of rotatable bonds is 5. The third-order valence-electron chi connectivity index (χ3n) is 3.35. The van der Waals surface area contributed by atoms with Gasteiger partial charge in [0.05, 0.1) is 6.10 Å². The van der Waals surface area contributed by atoms with Crippen molar-refractivity contribution in [2.45, 2.75) is 19.4 Å². The summed E-state index contributed by atoms with van der Waals surface area (Å²) in [6, 6.07) is 6.90. The van der Waals surface area contributed by atoms with Crippen LogP contribution in [0.5, 0.6) is 0 Å². The normalized spacial score (nSPS) is 11.8. The molecule has 0 aliphatic rings. The Morgan fingerprint density at radius 2 is 2.09 bits per heavy atom. The number of aliphatic hydroxyl groups excluding tert-OH is 1. The number of carbonyl (C=O) groups excluding carboxylic acids is 2. The van der Waals surface area contributed by atoms with Crippen molar-refractivity contribution in [2.24, 2.45) is 0 Å². The molecule has 0 saturated carbocycles. The molecule has 1 aromatic heterocycles. The molecule has 0 aliphatic carbocycles. The number of thiophene rings is 1. The van der Waals surface area contributed by atoms with Gasteiger partial charge in [0, 0.05) is 17.3 Å². The molecule has 2 rings (SSSR count). The van der Waals surface area contributed by atoms with Gasteiger partial charge in [0.25, 0.3) is 0 Å². The Morgan fingerprint density at radius 1 is 1.30 bits per heavy atom. The van der Waals surface area contributed by atoms with Gasteiger partial charge in [-0.3, -0.25) is 9.59 Å². The average molecular weight is 353 g/mol. The SMILES string of the molecule is Cc1c(Cl)cccc1NC(=O)C(=O)NCC[C@@H](O)c1ccsc1. The molecule has 2 amide bonds. The second kappa shape index (κ2) is 8.10. The van der Waals surface area contributed by atoms with E-state index < -0.39 is 17.9 Å². The molecule has 1 heterocycles. The zero-order valence-electron chi connectivity index (χ0n) is 12.5. The number of carbonyl (C=O) groups is 2. The lowest BCUT2D eigenvalue weighted by atomic mass is 10.1. The number of hydrogen-bond acceptors (Lipinski definition) is 4. The fourth-order valence-electron chi connectivity index (χ4n) is 1.96. The van der Waals surface area contributed by atoms with E-state index in [0.717, 1.165) is 5.56 Å². The minimum absolute atomic E-state index is 0.206. The van der Waals surface area contributed by atoms with Gasteiger partial charge in [-0.1, -0.05) is 17.7 Å². The van der Waals surface area contributed by atoms with Crippen molar-refractivity contribution in [1.29, 1.82) is 0 Å². The van der Waals surface area contributed by atoms with Crippen LogP contribution in [0.15, 0.2) is 35.0 Å². The highest BCUT2D eigenvalue weighted by Gasteiger charge is 2.16. The Balaban J connectivity index is 1.81. The van der Waals surface area contributed by atoms with E-state index in [0.29, 0.717) is 22.7 Å². The van der Waals surface area contributed by atoms with E-state index in [-0.39, 0.29) is 6.54 Å². The summed E-state index contributed by atoms with van der Waals surface area (Å²) in [6.07, 6.45) is -0.314. The molecule has 1 atom stereocenters. The lowest BCUT2D eigenvalue weighted by Gasteiger charge is -2.11. The molecule has 3 N–H and O–H groups in total. The fraction of sp³-hybridized carbons (Fsp3) is 0.250. The van der Waals surface area contributed by atoms with Gasteiger partial charge in [-0.05, 0) is 53.4 Å². The highest BCUT2D eigenvalue weighted by atomic mass is 35.5. The second-order valence-electron chi connectivity index (χ2n) is 4.98. The highest BCUT2D eigenvalue weighted by molar-refractivity contribution is 7.07. The first-order chi connectivity index (χ1) is 11.0. The third kappa shape index (κ3) is 4.79. The van der Waals surface area contributed by atoms with Crippen LogP contribution in [0.2, 0.25) is 5.02 Å². The van der Waals surface area contributed by atoms with Crippen molar-refractivity contribution in [3.8, 4) is 0 Å². The number of nitrogens with one attached hydrogen (secondary N) is 2. The third-order valence-corrected chi connectivity index (χ3v) is 4.46. The van der Waals surface area contributed by atoms with E-state index >= 15 is 0 Å². The fourth-order valence-corrected chi connectivity index (χ4v) is 2.84. The summed E-state index contributed by atoms with van der Waals surface area (Å²) >= 11 is 7.46. The first-order valence-electron chi connectivity index (χ1n) is 7.03. The Morgan fingerprint density at radius 3 is 2.78 bits per heavy atom. The van der Waals surface area contributed by atoms with Crippen LogP contribution >= 0.6 is 22.9 Å². The maximum absolute atomic E-state index is 11.9. The summed E-state index contributed by atoms with van der Waals surface area (Å²) in [5.74, 6) is -1.51. The van der Waals surface area contributed by atoms with Crippen molar-refractivity contribution < 1.29 is 14.7 Å². The first-order valence-corrected chi connectivity index (χ1v) is 8.35. The largest absolute Gasteiger partial charge is 0.388 e. The molecule has 1 aromatic carbocycles. The zero-order chi connectivity index (χ0) is 16.8. The van der Waals surface area contributed by atoms with Crippen LogP contribution in [0.25, 0.3) is 0 Å². The summed E-state index contributed by atoms with van der Waals surface area (Å²) < 4.78 is 0. The van der Waals surface area contributed by atoms with E-state index in [1.807, 2.05) is 16.8 Å². The second-order valence-corrected chi connectivity index (χ2v) is 6.17. The molecular formula is C16H17ClN2O3S. The predicted molar refractivity (Wildman–Crippen MR) is 91.7 cm³/mol. The predicted octanol–water partition coefficient (Wildman–Crippen LogP) is 2.89. The smallest absolute Gasteiger partial charge is 0.313 e. The number of amides is 2. The minimum Gasteiger partial charge on any atom is -0.388 e. The van der Waals surface area contributed by atoms with Gasteiger partial charge >= 0.3 is 11.8 Å². The molecule has 0 fully saturated rings. The maximum Gasteiger partial charge on any atom is 0.313 e. The minimum atomic E-state index is -0.764. The highest BCUT2D eigenvalue weighted by Crippen LogP contribution is 2.22. The van der Waals surface area contributed by atoms with Crippen molar-refractivity contribution in [3.63, 3.8) is 0 Å². The molecule has 2 aromatic rings. The van der Waals surface area contributed by atoms with Crippen molar-refractivity contribution in [2.75, 3.05) is 11.9 Å². The van der Waals surface area contributed by atoms with Crippen LogP contribution in [0.1, 0.15) is 23.7 Å². The molecule has 23 heavy (non-hydrogen) atoms. The van der Waals surface area contributed by atoms with Crippen LogP contribution < -0.4 is 10.6 Å². The Hall–Kier alpha value is -1.89. The molecule has 7 heteroatoms. The molecule has 0 bridgehead atoms. The molecular weight excluding hydrogens is 336 g/mol. The topological polar surface area (TPSA) is 78.4 Å². The molecule has 0 spiro atoms. The lowest BCUT2D eigenvalue weighted by molar-refractivity contribution is -0.136. The summed E-state index contributed by atoms with van der Waals surface area (Å²) in [6.45, 7) is 1.96. The zero-order valence-corrected chi connectivity index (χ0v) is 14.1. The quantitative estimate of drug-likeness (QED) is 0.724. The van der Waals surface area contributed by atoms with Gasteiger partial charge in [-0.15, -0.1) is 0 Å².